The number of rotatable bonds is 4. The second-order valence-corrected chi connectivity index (χ2v) is 8.07. The van der Waals surface area contributed by atoms with Gasteiger partial charge in [0.1, 0.15) is 0 Å². The van der Waals surface area contributed by atoms with Gasteiger partial charge in [-0.2, -0.15) is 4.72 Å². The molecule has 0 aromatic heterocycles. The lowest BCUT2D eigenvalue weighted by atomic mass is 10.1. The van der Waals surface area contributed by atoms with Gasteiger partial charge in [-0.05, 0) is 61.4 Å². The number of nitrogens with one attached hydrogen (secondary N) is 2. The number of nitrogens with zero attached hydrogens (tertiary/aromatic N) is 1. The Labute approximate surface area is 159 Å². The van der Waals surface area contributed by atoms with E-state index in [0.717, 1.165) is 22.4 Å². The summed E-state index contributed by atoms with van der Waals surface area (Å²) in [5.41, 5.74) is 3.54. The fourth-order valence-corrected chi connectivity index (χ4v) is 3.69. The van der Waals surface area contributed by atoms with Crippen molar-refractivity contribution >= 4 is 21.7 Å². The summed E-state index contributed by atoms with van der Waals surface area (Å²) in [6.07, 6.45) is 0. The van der Waals surface area contributed by atoms with Gasteiger partial charge < -0.3 is 5.32 Å². The average Bonchev–Trinajstić information content (AvgIpc) is 3.07. The number of urea groups is 1. The topological polar surface area (TPSA) is 78.5 Å². The maximum Gasteiger partial charge on any atom is 0.321 e. The molecule has 1 saturated heterocycles. The highest BCUT2D eigenvalue weighted by atomic mass is 32.2. The summed E-state index contributed by atoms with van der Waals surface area (Å²) >= 11 is 0. The molecule has 0 unspecified atom stereocenters. The van der Waals surface area contributed by atoms with Crippen molar-refractivity contribution in [3.8, 4) is 11.8 Å². The van der Waals surface area contributed by atoms with Gasteiger partial charge in [0.25, 0.3) is 0 Å². The van der Waals surface area contributed by atoms with Crippen LogP contribution in [0.1, 0.15) is 16.7 Å². The standard InChI is InChI=1S/C20H21N3O3S/c1-15-5-10-19(14-16(15)2)27(25,26)22-11-3-4-17-6-8-18(9-7-17)23-13-12-21-20(23)24/h5-10,14,22H,11-13H2,1-2H3,(H,21,24). The Balaban J connectivity index is 1.61. The van der Waals surface area contributed by atoms with Crippen molar-refractivity contribution in [1.29, 1.82) is 0 Å². The number of aryl methyl sites for hydroxylation is 2. The zero-order chi connectivity index (χ0) is 19.4. The Morgan fingerprint density at radius 2 is 1.85 bits per heavy atom. The quantitative estimate of drug-likeness (QED) is 0.794. The van der Waals surface area contributed by atoms with Gasteiger partial charge in [0.05, 0.1) is 11.4 Å². The number of hydrogen-bond acceptors (Lipinski definition) is 3. The van der Waals surface area contributed by atoms with E-state index in [2.05, 4.69) is 21.9 Å². The number of carbonyl (C=O) groups is 1. The van der Waals surface area contributed by atoms with Crippen molar-refractivity contribution < 1.29 is 13.2 Å². The molecule has 0 radical (unpaired) electrons. The number of anilines is 1. The summed E-state index contributed by atoms with van der Waals surface area (Å²) in [5, 5.41) is 2.75. The molecule has 0 saturated carbocycles. The van der Waals surface area contributed by atoms with E-state index in [1.54, 1.807) is 23.1 Å². The summed E-state index contributed by atoms with van der Waals surface area (Å²) in [6.45, 7) is 5.12. The molecule has 6 nitrogen and oxygen atoms in total. The third-order valence-corrected chi connectivity index (χ3v) is 5.81. The van der Waals surface area contributed by atoms with Gasteiger partial charge in [-0.3, -0.25) is 4.90 Å². The molecule has 1 heterocycles. The zero-order valence-electron chi connectivity index (χ0n) is 15.2. The third kappa shape index (κ3) is 4.48. The Bertz CT molecular complexity index is 1020. The third-order valence-electron chi connectivity index (χ3n) is 4.41. The lowest BCUT2D eigenvalue weighted by molar-refractivity contribution is 0.252. The van der Waals surface area contributed by atoms with Gasteiger partial charge in [-0.25, -0.2) is 13.2 Å². The lowest BCUT2D eigenvalue weighted by Gasteiger charge is -2.13. The molecule has 27 heavy (non-hydrogen) atoms. The first kappa shape index (κ1) is 19.0. The van der Waals surface area contributed by atoms with Crippen LogP contribution in [0.2, 0.25) is 0 Å². The second-order valence-electron chi connectivity index (χ2n) is 6.30. The Morgan fingerprint density at radius 3 is 2.48 bits per heavy atom. The highest BCUT2D eigenvalue weighted by Gasteiger charge is 2.20. The van der Waals surface area contributed by atoms with E-state index in [0.29, 0.717) is 13.1 Å². The predicted octanol–water partition coefficient (Wildman–Crippen LogP) is 2.16. The molecule has 7 heteroatoms. The molecular weight excluding hydrogens is 362 g/mol. The minimum Gasteiger partial charge on any atom is -0.336 e. The van der Waals surface area contributed by atoms with E-state index in [4.69, 9.17) is 0 Å². The lowest BCUT2D eigenvalue weighted by Crippen LogP contribution is -2.27. The SMILES string of the molecule is Cc1ccc(S(=O)(=O)NCC#Cc2ccc(N3CCNC3=O)cc2)cc1C. The summed E-state index contributed by atoms with van der Waals surface area (Å²) in [7, 11) is -3.58. The highest BCUT2D eigenvalue weighted by Crippen LogP contribution is 2.17. The zero-order valence-corrected chi connectivity index (χ0v) is 16.1. The van der Waals surface area contributed by atoms with Crippen LogP contribution >= 0.6 is 0 Å². The molecule has 2 N–H and O–H groups in total. The van der Waals surface area contributed by atoms with Crippen LogP contribution in [0, 0.1) is 25.7 Å². The molecule has 0 atom stereocenters. The molecule has 1 fully saturated rings. The normalized spacial score (nSPS) is 13.9. The fraction of sp³-hybridized carbons (Fsp3) is 0.250. The van der Waals surface area contributed by atoms with Crippen molar-refractivity contribution in [2.75, 3.05) is 24.5 Å². The molecule has 0 spiro atoms. The van der Waals surface area contributed by atoms with Crippen LogP contribution in [-0.2, 0) is 10.0 Å². The fourth-order valence-electron chi connectivity index (χ4n) is 2.68. The van der Waals surface area contributed by atoms with Crippen LogP contribution in [0.4, 0.5) is 10.5 Å². The first-order valence-corrected chi connectivity index (χ1v) is 10.1. The number of amides is 2. The van der Waals surface area contributed by atoms with Crippen LogP contribution in [0.15, 0.2) is 47.4 Å². The molecule has 0 aliphatic carbocycles. The van der Waals surface area contributed by atoms with E-state index in [1.165, 1.54) is 0 Å². The molecule has 3 rings (SSSR count). The van der Waals surface area contributed by atoms with Crippen LogP contribution in [0.5, 0.6) is 0 Å². The second kappa shape index (κ2) is 7.82. The predicted molar refractivity (Wildman–Crippen MR) is 105 cm³/mol. The highest BCUT2D eigenvalue weighted by molar-refractivity contribution is 7.89. The Kier molecular flexibility index (Phi) is 5.49. The maximum absolute atomic E-state index is 12.3. The van der Waals surface area contributed by atoms with E-state index in [9.17, 15) is 13.2 Å². The van der Waals surface area contributed by atoms with Crippen LogP contribution in [0.3, 0.4) is 0 Å². The summed E-state index contributed by atoms with van der Waals surface area (Å²) in [4.78, 5) is 13.5. The number of carbonyl (C=O) groups excluding carboxylic acids is 1. The van der Waals surface area contributed by atoms with Crippen molar-refractivity contribution in [2.45, 2.75) is 18.7 Å². The largest absolute Gasteiger partial charge is 0.336 e. The first-order chi connectivity index (χ1) is 12.9. The van der Waals surface area contributed by atoms with Gasteiger partial charge in [0, 0.05) is 24.3 Å². The maximum atomic E-state index is 12.3. The van der Waals surface area contributed by atoms with Crippen molar-refractivity contribution in [2.24, 2.45) is 0 Å². The van der Waals surface area contributed by atoms with E-state index in [1.807, 2.05) is 38.1 Å². The van der Waals surface area contributed by atoms with Crippen molar-refractivity contribution in [3.05, 3.63) is 59.2 Å². The summed E-state index contributed by atoms with van der Waals surface area (Å²) < 4.78 is 27.1. The molecule has 2 aromatic rings. The van der Waals surface area contributed by atoms with E-state index >= 15 is 0 Å². The number of sulfonamides is 1. The van der Waals surface area contributed by atoms with E-state index < -0.39 is 10.0 Å². The summed E-state index contributed by atoms with van der Waals surface area (Å²) in [5.74, 6) is 5.74. The molecule has 0 bridgehead atoms. The van der Waals surface area contributed by atoms with Gasteiger partial charge in [-0.15, -0.1) is 0 Å². The van der Waals surface area contributed by atoms with Crippen LogP contribution < -0.4 is 14.9 Å². The number of hydrogen-bond donors (Lipinski definition) is 2. The Morgan fingerprint density at radius 1 is 1.11 bits per heavy atom. The first-order valence-electron chi connectivity index (χ1n) is 8.58. The van der Waals surface area contributed by atoms with Gasteiger partial charge in [0.2, 0.25) is 10.0 Å². The van der Waals surface area contributed by atoms with Gasteiger partial charge in [-0.1, -0.05) is 17.9 Å². The van der Waals surface area contributed by atoms with Crippen LogP contribution in [0.25, 0.3) is 0 Å². The molecule has 2 amide bonds. The van der Waals surface area contributed by atoms with Crippen LogP contribution in [-0.4, -0.2) is 34.1 Å². The van der Waals surface area contributed by atoms with Crippen molar-refractivity contribution in [3.63, 3.8) is 0 Å². The molecule has 1 aliphatic rings. The number of benzene rings is 2. The summed E-state index contributed by atoms with van der Waals surface area (Å²) in [6, 6.07) is 12.2. The van der Waals surface area contributed by atoms with E-state index in [-0.39, 0.29) is 17.5 Å². The minimum atomic E-state index is -3.58. The molecular formula is C20H21N3O3S. The van der Waals surface area contributed by atoms with Crippen molar-refractivity contribution in [1.82, 2.24) is 10.0 Å². The smallest absolute Gasteiger partial charge is 0.321 e. The molecule has 1 aliphatic heterocycles. The molecule has 140 valence electrons. The average molecular weight is 383 g/mol. The molecule has 2 aromatic carbocycles. The Hall–Kier alpha value is -2.82. The van der Waals surface area contributed by atoms with Gasteiger partial charge in [0.15, 0.2) is 0 Å². The monoisotopic (exact) mass is 383 g/mol. The van der Waals surface area contributed by atoms with Gasteiger partial charge >= 0.3 is 6.03 Å². The minimum absolute atomic E-state index is 0.0194.